The van der Waals surface area contributed by atoms with Gasteiger partial charge in [0.25, 0.3) is 17.3 Å². The van der Waals surface area contributed by atoms with E-state index < -0.39 is 15.8 Å². The molecule has 0 saturated carbocycles. The van der Waals surface area contributed by atoms with Gasteiger partial charge in [-0.1, -0.05) is 12.1 Å². The molecule has 3 rings (SSSR count). The number of carbonyl (C=O) groups excluding carboxylic acids is 1. The van der Waals surface area contributed by atoms with Gasteiger partial charge in [-0.25, -0.2) is 0 Å². The van der Waals surface area contributed by atoms with Crippen molar-refractivity contribution in [1.29, 1.82) is 0 Å². The Morgan fingerprint density at radius 3 is 2.28 bits per heavy atom. The second-order valence-electron chi connectivity index (χ2n) is 5.68. The number of hydrogen-bond donors (Lipinski definition) is 2. The summed E-state index contributed by atoms with van der Waals surface area (Å²) in [5.74, 6) is -0.381. The van der Waals surface area contributed by atoms with Crippen molar-refractivity contribution in [2.75, 3.05) is 5.32 Å². The van der Waals surface area contributed by atoms with Crippen LogP contribution in [0, 0.1) is 20.2 Å². The van der Waals surface area contributed by atoms with Crippen LogP contribution in [0.15, 0.2) is 65.1 Å². The number of anilines is 1. The summed E-state index contributed by atoms with van der Waals surface area (Å²) in [6, 6.07) is 14.2. The van der Waals surface area contributed by atoms with E-state index in [-0.39, 0.29) is 28.0 Å². The van der Waals surface area contributed by atoms with Crippen LogP contribution >= 0.6 is 12.2 Å². The Morgan fingerprint density at radius 2 is 1.62 bits per heavy atom. The van der Waals surface area contributed by atoms with Gasteiger partial charge in [0.05, 0.1) is 9.85 Å². The molecule has 0 unspecified atom stereocenters. The standard InChI is InChI=1S/C18H12N4O6S/c23-17(20-18(29)19-12-4-6-13(7-5-12)21(24)25)16-9-8-15(28-16)11-2-1-3-14(10-11)22(26)27/h1-10H,(H2,19,20,23,29). The second-order valence-corrected chi connectivity index (χ2v) is 6.09. The number of nitro groups is 2. The Balaban J connectivity index is 1.65. The summed E-state index contributed by atoms with van der Waals surface area (Å²) in [4.78, 5) is 32.8. The third kappa shape index (κ3) is 4.78. The Hall–Kier alpha value is -4.12. The highest BCUT2D eigenvalue weighted by Crippen LogP contribution is 2.25. The molecule has 1 amide bonds. The lowest BCUT2D eigenvalue weighted by molar-refractivity contribution is -0.385. The summed E-state index contributed by atoms with van der Waals surface area (Å²) in [5.41, 5.74) is 0.732. The molecule has 2 N–H and O–H groups in total. The summed E-state index contributed by atoms with van der Waals surface area (Å²) in [7, 11) is 0. The number of nitrogens with one attached hydrogen (secondary N) is 2. The number of furan rings is 1. The van der Waals surface area contributed by atoms with Gasteiger partial charge in [0.1, 0.15) is 5.76 Å². The van der Waals surface area contributed by atoms with Crippen LogP contribution in [0.1, 0.15) is 10.6 Å². The van der Waals surface area contributed by atoms with E-state index in [1.54, 1.807) is 6.07 Å². The normalized spacial score (nSPS) is 10.2. The first-order chi connectivity index (χ1) is 13.8. The van der Waals surface area contributed by atoms with Crippen LogP contribution in [-0.2, 0) is 0 Å². The fourth-order valence-corrected chi connectivity index (χ4v) is 2.59. The summed E-state index contributed by atoms with van der Waals surface area (Å²) in [6.45, 7) is 0. The van der Waals surface area contributed by atoms with Crippen molar-refractivity contribution in [2.45, 2.75) is 0 Å². The molecule has 0 aliphatic heterocycles. The molecule has 0 aliphatic rings. The van der Waals surface area contributed by atoms with Crippen LogP contribution in [0.3, 0.4) is 0 Å². The molecular formula is C18H12N4O6S. The number of hydrogen-bond acceptors (Lipinski definition) is 7. The van der Waals surface area contributed by atoms with Gasteiger partial charge in [-0.05, 0) is 36.5 Å². The van der Waals surface area contributed by atoms with Gasteiger partial charge in [0.15, 0.2) is 10.9 Å². The maximum Gasteiger partial charge on any atom is 0.293 e. The Labute approximate surface area is 168 Å². The highest BCUT2D eigenvalue weighted by atomic mass is 32.1. The molecule has 11 heteroatoms. The number of carbonyl (C=O) groups is 1. The maximum atomic E-state index is 12.3. The van der Waals surface area contributed by atoms with Crippen molar-refractivity contribution in [3.63, 3.8) is 0 Å². The maximum absolute atomic E-state index is 12.3. The van der Waals surface area contributed by atoms with Gasteiger partial charge >= 0.3 is 0 Å². The zero-order chi connectivity index (χ0) is 21.0. The predicted molar refractivity (Wildman–Crippen MR) is 108 cm³/mol. The lowest BCUT2D eigenvalue weighted by Crippen LogP contribution is -2.33. The second kappa shape index (κ2) is 8.27. The van der Waals surface area contributed by atoms with E-state index in [0.717, 1.165) is 0 Å². The Kier molecular flexibility index (Phi) is 5.60. The number of nitrogens with zero attached hydrogens (tertiary/aromatic N) is 2. The Morgan fingerprint density at radius 1 is 0.931 bits per heavy atom. The third-order valence-electron chi connectivity index (χ3n) is 3.73. The van der Waals surface area contributed by atoms with E-state index in [4.69, 9.17) is 16.6 Å². The largest absolute Gasteiger partial charge is 0.451 e. The zero-order valence-electron chi connectivity index (χ0n) is 14.5. The molecule has 146 valence electrons. The lowest BCUT2D eigenvalue weighted by Gasteiger charge is -2.08. The van der Waals surface area contributed by atoms with Crippen molar-refractivity contribution in [1.82, 2.24) is 5.32 Å². The third-order valence-corrected chi connectivity index (χ3v) is 3.94. The van der Waals surface area contributed by atoms with Crippen LogP contribution in [-0.4, -0.2) is 20.9 Å². The minimum atomic E-state index is -0.624. The summed E-state index contributed by atoms with van der Waals surface area (Å²) in [5, 5.41) is 26.6. The monoisotopic (exact) mass is 412 g/mol. The molecule has 1 heterocycles. The van der Waals surface area contributed by atoms with Gasteiger partial charge in [-0.3, -0.25) is 30.3 Å². The van der Waals surface area contributed by atoms with Crippen molar-refractivity contribution < 1.29 is 19.1 Å². The summed E-state index contributed by atoms with van der Waals surface area (Å²) >= 11 is 5.05. The smallest absolute Gasteiger partial charge is 0.293 e. The molecule has 1 aromatic heterocycles. The van der Waals surface area contributed by atoms with Gasteiger partial charge in [-0.2, -0.15) is 0 Å². The molecular weight excluding hydrogens is 400 g/mol. The van der Waals surface area contributed by atoms with E-state index >= 15 is 0 Å². The van der Waals surface area contributed by atoms with E-state index in [1.165, 1.54) is 54.6 Å². The van der Waals surface area contributed by atoms with Crippen molar-refractivity contribution >= 4 is 40.3 Å². The first-order valence-electron chi connectivity index (χ1n) is 8.05. The minimum Gasteiger partial charge on any atom is -0.451 e. The number of non-ortho nitro benzene ring substituents is 2. The first kappa shape index (κ1) is 19.6. The molecule has 10 nitrogen and oxygen atoms in total. The molecule has 0 fully saturated rings. The highest BCUT2D eigenvalue weighted by Gasteiger charge is 2.15. The number of amides is 1. The highest BCUT2D eigenvalue weighted by molar-refractivity contribution is 7.80. The van der Waals surface area contributed by atoms with Crippen LogP contribution < -0.4 is 10.6 Å². The molecule has 0 bridgehead atoms. The molecule has 0 saturated heterocycles. The zero-order valence-corrected chi connectivity index (χ0v) is 15.3. The molecule has 3 aromatic rings. The van der Waals surface area contributed by atoms with Gasteiger partial charge < -0.3 is 9.73 Å². The van der Waals surface area contributed by atoms with Crippen LogP contribution in [0.5, 0.6) is 0 Å². The minimum absolute atomic E-state index is 0.0304. The molecule has 29 heavy (non-hydrogen) atoms. The van der Waals surface area contributed by atoms with Gasteiger partial charge in [0, 0.05) is 35.5 Å². The summed E-state index contributed by atoms with van der Waals surface area (Å²) < 4.78 is 5.46. The number of rotatable bonds is 5. The Bertz CT molecular complexity index is 1110. The van der Waals surface area contributed by atoms with E-state index in [2.05, 4.69) is 10.6 Å². The van der Waals surface area contributed by atoms with Gasteiger partial charge in [0.2, 0.25) is 0 Å². The quantitative estimate of drug-likeness (QED) is 0.365. The summed E-state index contributed by atoms with van der Waals surface area (Å²) in [6.07, 6.45) is 0. The average Bonchev–Trinajstić information content (AvgIpc) is 3.19. The number of thiocarbonyl (C=S) groups is 1. The van der Waals surface area contributed by atoms with Crippen molar-refractivity contribution in [3.05, 3.63) is 86.7 Å². The fraction of sp³-hybridized carbons (Fsp3) is 0. The average molecular weight is 412 g/mol. The predicted octanol–water partition coefficient (Wildman–Crippen LogP) is 3.89. The molecule has 0 aliphatic carbocycles. The molecule has 0 spiro atoms. The van der Waals surface area contributed by atoms with Crippen molar-refractivity contribution in [3.8, 4) is 11.3 Å². The first-order valence-corrected chi connectivity index (χ1v) is 8.46. The lowest BCUT2D eigenvalue weighted by atomic mass is 10.1. The van der Waals surface area contributed by atoms with Gasteiger partial charge in [-0.15, -0.1) is 0 Å². The number of nitro benzene ring substituents is 2. The van der Waals surface area contributed by atoms with E-state index in [0.29, 0.717) is 11.3 Å². The van der Waals surface area contributed by atoms with E-state index in [1.807, 2.05) is 0 Å². The van der Waals surface area contributed by atoms with Crippen LogP contribution in [0.4, 0.5) is 17.1 Å². The SMILES string of the molecule is O=C(NC(=S)Nc1ccc([N+](=O)[O-])cc1)c1ccc(-c2cccc([N+](=O)[O-])c2)o1. The van der Waals surface area contributed by atoms with E-state index in [9.17, 15) is 25.0 Å². The molecule has 0 radical (unpaired) electrons. The fourth-order valence-electron chi connectivity index (χ4n) is 2.38. The number of benzene rings is 2. The van der Waals surface area contributed by atoms with Crippen molar-refractivity contribution in [2.24, 2.45) is 0 Å². The van der Waals surface area contributed by atoms with Crippen LogP contribution in [0.25, 0.3) is 11.3 Å². The molecule has 0 atom stereocenters. The molecule has 2 aromatic carbocycles. The van der Waals surface area contributed by atoms with Crippen LogP contribution in [0.2, 0.25) is 0 Å². The topological polar surface area (TPSA) is 141 Å².